The molecule has 0 radical (unpaired) electrons. The van der Waals surface area contributed by atoms with Crippen LogP contribution < -0.4 is 4.74 Å². The zero-order valence-electron chi connectivity index (χ0n) is 14.1. The summed E-state index contributed by atoms with van der Waals surface area (Å²) in [7, 11) is 1.38. The van der Waals surface area contributed by atoms with Gasteiger partial charge in [0, 0.05) is 12.0 Å². The van der Waals surface area contributed by atoms with E-state index in [-0.39, 0.29) is 5.97 Å². The van der Waals surface area contributed by atoms with Crippen LogP contribution in [0, 0.1) is 17.3 Å². The molecule has 3 heteroatoms. The molecule has 0 aromatic heterocycles. The van der Waals surface area contributed by atoms with Crippen LogP contribution in [0.3, 0.4) is 0 Å². The number of hydrogen-bond acceptors (Lipinski definition) is 3. The van der Waals surface area contributed by atoms with Gasteiger partial charge in [0.05, 0.1) is 20.1 Å². The van der Waals surface area contributed by atoms with Crippen molar-refractivity contribution in [1.29, 1.82) is 0 Å². The molecule has 0 aliphatic carbocycles. The topological polar surface area (TPSA) is 35.5 Å². The van der Waals surface area contributed by atoms with E-state index >= 15 is 0 Å². The molecule has 0 saturated heterocycles. The Kier molecular flexibility index (Phi) is 7.52. The minimum Gasteiger partial charge on any atom is -0.494 e. The monoisotopic (exact) mass is 302 g/mol. The molecule has 0 saturated carbocycles. The Labute approximate surface area is 134 Å². The van der Waals surface area contributed by atoms with Gasteiger partial charge in [0.25, 0.3) is 0 Å². The first kappa shape index (κ1) is 18.1. The molecular weight excluding hydrogens is 276 g/mol. The van der Waals surface area contributed by atoms with Gasteiger partial charge in [-0.15, -0.1) is 0 Å². The number of hydrogen-bond donors (Lipinski definition) is 0. The van der Waals surface area contributed by atoms with E-state index in [4.69, 9.17) is 4.74 Å². The summed E-state index contributed by atoms with van der Waals surface area (Å²) >= 11 is 0. The number of esters is 1. The molecule has 0 fully saturated rings. The van der Waals surface area contributed by atoms with E-state index in [9.17, 15) is 4.79 Å². The van der Waals surface area contributed by atoms with Crippen molar-refractivity contribution >= 4 is 5.97 Å². The maximum absolute atomic E-state index is 10.9. The minimum atomic E-state index is -0.228. The van der Waals surface area contributed by atoms with Gasteiger partial charge in [0.15, 0.2) is 0 Å². The van der Waals surface area contributed by atoms with Gasteiger partial charge >= 0.3 is 5.97 Å². The first-order valence-corrected chi connectivity index (χ1v) is 7.69. The molecule has 0 aliphatic heterocycles. The average Bonchev–Trinajstić information content (AvgIpc) is 2.48. The number of carbonyl (C=O) groups excluding carboxylic acids is 1. The molecule has 0 unspecified atom stereocenters. The Bertz CT molecular complexity index is 512. The number of ether oxygens (including phenoxy) is 2. The van der Waals surface area contributed by atoms with Gasteiger partial charge in [-0.1, -0.05) is 32.6 Å². The molecule has 0 N–H and O–H groups in total. The highest BCUT2D eigenvalue weighted by molar-refractivity contribution is 5.69. The third-order valence-corrected chi connectivity index (χ3v) is 3.11. The van der Waals surface area contributed by atoms with E-state index in [0.29, 0.717) is 18.3 Å². The highest BCUT2D eigenvalue weighted by Gasteiger charge is 2.09. The largest absolute Gasteiger partial charge is 0.494 e. The summed E-state index contributed by atoms with van der Waals surface area (Å²) in [6.07, 6.45) is 3.05. The number of methoxy groups -OCH3 is 1. The molecule has 0 bridgehead atoms. The molecule has 1 aromatic rings. The zero-order valence-corrected chi connectivity index (χ0v) is 14.1. The van der Waals surface area contributed by atoms with Crippen molar-refractivity contribution in [3.63, 3.8) is 0 Å². The maximum Gasteiger partial charge on any atom is 0.306 e. The van der Waals surface area contributed by atoms with Crippen LogP contribution in [-0.2, 0) is 9.53 Å². The fourth-order valence-electron chi connectivity index (χ4n) is 1.86. The normalized spacial score (nSPS) is 10.5. The van der Waals surface area contributed by atoms with Crippen LogP contribution >= 0.6 is 0 Å². The van der Waals surface area contributed by atoms with E-state index in [0.717, 1.165) is 30.8 Å². The third-order valence-electron chi connectivity index (χ3n) is 3.11. The first-order valence-electron chi connectivity index (χ1n) is 7.69. The second kappa shape index (κ2) is 9.15. The predicted octanol–water partition coefficient (Wildman–Crippen LogP) is 4.20. The number of benzene rings is 1. The van der Waals surface area contributed by atoms with Gasteiger partial charge in [-0.25, -0.2) is 0 Å². The van der Waals surface area contributed by atoms with Crippen LogP contribution in [0.4, 0.5) is 0 Å². The smallest absolute Gasteiger partial charge is 0.306 e. The van der Waals surface area contributed by atoms with Crippen molar-refractivity contribution < 1.29 is 14.3 Å². The molecule has 1 rings (SSSR count). The van der Waals surface area contributed by atoms with E-state index in [1.165, 1.54) is 7.11 Å². The van der Waals surface area contributed by atoms with Gasteiger partial charge in [-0.3, -0.25) is 4.79 Å². The summed E-state index contributed by atoms with van der Waals surface area (Å²) in [6, 6.07) is 7.73. The van der Waals surface area contributed by atoms with Gasteiger partial charge < -0.3 is 9.47 Å². The van der Waals surface area contributed by atoms with Crippen LogP contribution in [0.2, 0.25) is 0 Å². The van der Waals surface area contributed by atoms with Crippen molar-refractivity contribution in [3.8, 4) is 17.6 Å². The number of carbonyl (C=O) groups is 1. The lowest BCUT2D eigenvalue weighted by Crippen LogP contribution is -2.07. The molecular formula is C19H26O3. The van der Waals surface area contributed by atoms with Gasteiger partial charge in [-0.05, 0) is 42.5 Å². The fourth-order valence-corrected chi connectivity index (χ4v) is 1.86. The lowest BCUT2D eigenvalue weighted by Gasteiger charge is -2.17. The van der Waals surface area contributed by atoms with Crippen LogP contribution in [0.15, 0.2) is 24.3 Å². The standard InChI is InChI=1S/C19H26O3/c1-19(2,3)14-7-15-22-17-12-10-16(11-13-17)8-5-6-9-18(20)21-4/h10-13H,6-7,9,14-15H2,1-4H3. The average molecular weight is 302 g/mol. The van der Waals surface area contributed by atoms with Crippen molar-refractivity contribution in [2.24, 2.45) is 5.41 Å². The van der Waals surface area contributed by atoms with E-state index < -0.39 is 0 Å². The Hall–Kier alpha value is -1.95. The molecule has 0 heterocycles. The van der Waals surface area contributed by atoms with Crippen LogP contribution in [0.1, 0.15) is 52.0 Å². The molecule has 0 aliphatic rings. The molecule has 120 valence electrons. The molecule has 0 atom stereocenters. The van der Waals surface area contributed by atoms with Gasteiger partial charge in [0.1, 0.15) is 5.75 Å². The second-order valence-corrected chi connectivity index (χ2v) is 6.41. The predicted molar refractivity (Wildman–Crippen MR) is 88.8 cm³/mol. The lowest BCUT2D eigenvalue weighted by molar-refractivity contribution is -0.140. The molecule has 0 amide bonds. The van der Waals surface area contributed by atoms with Gasteiger partial charge in [-0.2, -0.15) is 0 Å². The lowest BCUT2D eigenvalue weighted by atomic mass is 9.91. The number of rotatable bonds is 6. The highest BCUT2D eigenvalue weighted by Crippen LogP contribution is 2.21. The minimum absolute atomic E-state index is 0.228. The quantitative estimate of drug-likeness (QED) is 0.449. The summed E-state index contributed by atoms with van der Waals surface area (Å²) in [5, 5.41) is 0. The third kappa shape index (κ3) is 8.36. The molecule has 1 aromatic carbocycles. The highest BCUT2D eigenvalue weighted by atomic mass is 16.5. The van der Waals surface area contributed by atoms with Crippen LogP contribution in [0.25, 0.3) is 0 Å². The summed E-state index contributed by atoms with van der Waals surface area (Å²) in [6.45, 7) is 7.45. The Morgan fingerprint density at radius 2 is 1.86 bits per heavy atom. The van der Waals surface area contributed by atoms with Crippen molar-refractivity contribution in [1.82, 2.24) is 0 Å². The summed E-state index contributed by atoms with van der Waals surface area (Å²) in [5.74, 6) is 6.63. The first-order chi connectivity index (χ1) is 10.4. The van der Waals surface area contributed by atoms with Crippen molar-refractivity contribution in [2.75, 3.05) is 13.7 Å². The Morgan fingerprint density at radius 1 is 1.18 bits per heavy atom. The second-order valence-electron chi connectivity index (χ2n) is 6.41. The van der Waals surface area contributed by atoms with Gasteiger partial charge in [0.2, 0.25) is 0 Å². The maximum atomic E-state index is 10.9. The summed E-state index contributed by atoms with van der Waals surface area (Å²) in [5.41, 5.74) is 1.28. The molecule has 3 nitrogen and oxygen atoms in total. The van der Waals surface area contributed by atoms with Crippen molar-refractivity contribution in [3.05, 3.63) is 29.8 Å². The zero-order chi connectivity index (χ0) is 16.4. The molecule has 0 spiro atoms. The SMILES string of the molecule is COC(=O)CCC#Cc1ccc(OCCCC(C)(C)C)cc1. The van der Waals surface area contributed by atoms with E-state index in [2.05, 4.69) is 37.3 Å². The Balaban J connectivity index is 2.34. The van der Waals surface area contributed by atoms with E-state index in [1.54, 1.807) is 0 Å². The van der Waals surface area contributed by atoms with Crippen molar-refractivity contribution in [2.45, 2.75) is 46.5 Å². The Morgan fingerprint density at radius 3 is 2.45 bits per heavy atom. The summed E-state index contributed by atoms with van der Waals surface area (Å²) in [4.78, 5) is 10.9. The molecule has 22 heavy (non-hydrogen) atoms. The fraction of sp³-hybridized carbons (Fsp3) is 0.526. The van der Waals surface area contributed by atoms with Crippen LogP contribution in [0.5, 0.6) is 5.75 Å². The summed E-state index contributed by atoms with van der Waals surface area (Å²) < 4.78 is 10.3. The van der Waals surface area contributed by atoms with Crippen LogP contribution in [-0.4, -0.2) is 19.7 Å². The van der Waals surface area contributed by atoms with E-state index in [1.807, 2.05) is 24.3 Å².